The SMILES string of the molecule is CN(Cc1ccccc1)c1ccc(N=Nc2[nH]nc[n+]2C)cc1. The van der Waals surface area contributed by atoms with E-state index >= 15 is 0 Å². The van der Waals surface area contributed by atoms with Gasteiger partial charge < -0.3 is 4.90 Å². The Bertz CT molecular complexity index is 776. The Morgan fingerprint density at radius 3 is 2.43 bits per heavy atom. The number of nitrogens with one attached hydrogen (secondary N) is 1. The van der Waals surface area contributed by atoms with Crippen molar-refractivity contribution in [3.05, 3.63) is 66.5 Å². The van der Waals surface area contributed by atoms with Gasteiger partial charge in [0.05, 0.1) is 12.7 Å². The number of aromatic amines is 1. The number of rotatable bonds is 5. The highest BCUT2D eigenvalue weighted by Crippen LogP contribution is 2.21. The molecule has 0 atom stereocenters. The monoisotopic (exact) mass is 307 g/mol. The lowest BCUT2D eigenvalue weighted by Gasteiger charge is -2.19. The summed E-state index contributed by atoms with van der Waals surface area (Å²) in [5, 5.41) is 15.0. The Balaban J connectivity index is 1.67. The van der Waals surface area contributed by atoms with Crippen LogP contribution in [0.1, 0.15) is 5.56 Å². The molecule has 0 radical (unpaired) electrons. The summed E-state index contributed by atoms with van der Waals surface area (Å²) in [6.07, 6.45) is 1.65. The topological polar surface area (TPSA) is 60.5 Å². The molecule has 0 saturated heterocycles. The summed E-state index contributed by atoms with van der Waals surface area (Å²) in [6, 6.07) is 18.4. The molecule has 0 amide bonds. The number of aryl methyl sites for hydroxylation is 1. The lowest BCUT2D eigenvalue weighted by molar-refractivity contribution is -0.658. The number of anilines is 1. The average molecular weight is 307 g/mol. The van der Waals surface area contributed by atoms with E-state index in [-0.39, 0.29) is 0 Å². The summed E-state index contributed by atoms with van der Waals surface area (Å²) >= 11 is 0. The Hall–Kier alpha value is -3.02. The van der Waals surface area contributed by atoms with Crippen LogP contribution in [-0.2, 0) is 13.6 Å². The number of aromatic nitrogens is 3. The third-order valence-corrected chi connectivity index (χ3v) is 3.54. The van der Waals surface area contributed by atoms with Crippen LogP contribution in [0.3, 0.4) is 0 Å². The second-order valence-corrected chi connectivity index (χ2v) is 5.35. The molecule has 0 spiro atoms. The molecule has 0 unspecified atom stereocenters. The van der Waals surface area contributed by atoms with E-state index in [0.717, 1.165) is 17.9 Å². The number of azo groups is 1. The van der Waals surface area contributed by atoms with E-state index < -0.39 is 0 Å². The van der Waals surface area contributed by atoms with Gasteiger partial charge in [0, 0.05) is 24.4 Å². The molecule has 0 bridgehead atoms. The van der Waals surface area contributed by atoms with Crippen LogP contribution in [0, 0.1) is 0 Å². The van der Waals surface area contributed by atoms with Crippen molar-refractivity contribution in [2.75, 3.05) is 11.9 Å². The van der Waals surface area contributed by atoms with Crippen LogP contribution in [0.2, 0.25) is 0 Å². The van der Waals surface area contributed by atoms with Crippen LogP contribution in [0.25, 0.3) is 0 Å². The molecule has 0 aliphatic carbocycles. The summed E-state index contributed by atoms with van der Waals surface area (Å²) < 4.78 is 1.77. The normalized spacial score (nSPS) is 11.0. The van der Waals surface area contributed by atoms with Crippen LogP contribution in [-0.4, -0.2) is 17.2 Å². The van der Waals surface area contributed by atoms with E-state index in [1.165, 1.54) is 5.56 Å². The van der Waals surface area contributed by atoms with Gasteiger partial charge in [-0.1, -0.05) is 35.4 Å². The van der Waals surface area contributed by atoms with E-state index in [2.05, 4.69) is 56.6 Å². The zero-order valence-corrected chi connectivity index (χ0v) is 13.2. The molecular formula is C17H19N6+. The second-order valence-electron chi connectivity index (χ2n) is 5.35. The highest BCUT2D eigenvalue weighted by atomic mass is 15.3. The fraction of sp³-hybridized carbons (Fsp3) is 0.176. The quantitative estimate of drug-likeness (QED) is 0.581. The van der Waals surface area contributed by atoms with Crippen LogP contribution < -0.4 is 9.47 Å². The van der Waals surface area contributed by atoms with Gasteiger partial charge in [-0.15, -0.1) is 5.10 Å². The number of benzene rings is 2. The van der Waals surface area contributed by atoms with Gasteiger partial charge in [0.1, 0.15) is 0 Å². The molecule has 1 heterocycles. The summed E-state index contributed by atoms with van der Waals surface area (Å²) in [5.41, 5.74) is 3.22. The van der Waals surface area contributed by atoms with Gasteiger partial charge in [0.2, 0.25) is 6.33 Å². The fourth-order valence-corrected chi connectivity index (χ4v) is 2.23. The predicted octanol–water partition coefficient (Wildman–Crippen LogP) is 3.29. The Kier molecular flexibility index (Phi) is 4.42. The Morgan fingerprint density at radius 1 is 1.04 bits per heavy atom. The van der Waals surface area contributed by atoms with Crippen molar-refractivity contribution in [2.24, 2.45) is 17.3 Å². The van der Waals surface area contributed by atoms with Gasteiger partial charge in [-0.2, -0.15) is 0 Å². The zero-order valence-electron chi connectivity index (χ0n) is 13.2. The molecule has 116 valence electrons. The van der Waals surface area contributed by atoms with E-state index in [4.69, 9.17) is 0 Å². The summed E-state index contributed by atoms with van der Waals surface area (Å²) in [6.45, 7) is 0.867. The molecule has 0 aliphatic rings. The number of H-pyrrole nitrogens is 1. The minimum Gasteiger partial charge on any atom is -0.370 e. The zero-order chi connectivity index (χ0) is 16.1. The van der Waals surface area contributed by atoms with Gasteiger partial charge >= 0.3 is 5.95 Å². The molecule has 2 aromatic carbocycles. The third kappa shape index (κ3) is 3.79. The van der Waals surface area contributed by atoms with E-state index in [0.29, 0.717) is 5.95 Å². The van der Waals surface area contributed by atoms with E-state index in [9.17, 15) is 0 Å². The van der Waals surface area contributed by atoms with Crippen LogP contribution in [0.4, 0.5) is 17.3 Å². The van der Waals surface area contributed by atoms with Crippen molar-refractivity contribution >= 4 is 17.3 Å². The molecule has 0 saturated carbocycles. The minimum atomic E-state index is 0.607. The van der Waals surface area contributed by atoms with E-state index in [1.54, 1.807) is 10.9 Å². The van der Waals surface area contributed by atoms with Gasteiger partial charge in [-0.05, 0) is 34.9 Å². The standard InChI is InChI=1S/C17H18N6/c1-22(12-14-6-4-3-5-7-14)16-10-8-15(9-11-16)19-21-17-20-18-13-23(17)2/h3-11,13H,12H2,1-2H3/p+1. The number of hydrogen-bond donors (Lipinski definition) is 1. The largest absolute Gasteiger partial charge is 0.401 e. The molecule has 3 aromatic rings. The molecule has 23 heavy (non-hydrogen) atoms. The maximum Gasteiger partial charge on any atom is 0.401 e. The first-order chi connectivity index (χ1) is 11.2. The lowest BCUT2D eigenvalue weighted by atomic mass is 10.2. The molecule has 0 fully saturated rings. The second kappa shape index (κ2) is 6.83. The van der Waals surface area contributed by atoms with E-state index in [1.807, 2.05) is 37.4 Å². The van der Waals surface area contributed by atoms with Crippen molar-refractivity contribution < 1.29 is 4.57 Å². The molecule has 1 N–H and O–H groups in total. The Labute approximate surface area is 135 Å². The van der Waals surface area contributed by atoms with Gasteiger partial charge in [-0.3, -0.25) is 0 Å². The number of hydrogen-bond acceptors (Lipinski definition) is 4. The van der Waals surface area contributed by atoms with Crippen molar-refractivity contribution in [2.45, 2.75) is 6.54 Å². The first kappa shape index (κ1) is 14.9. The molecule has 6 nitrogen and oxygen atoms in total. The predicted molar refractivity (Wildman–Crippen MR) is 88.9 cm³/mol. The smallest absolute Gasteiger partial charge is 0.370 e. The summed E-state index contributed by atoms with van der Waals surface area (Å²) in [5.74, 6) is 0.607. The van der Waals surface area contributed by atoms with Crippen molar-refractivity contribution in [3.8, 4) is 0 Å². The van der Waals surface area contributed by atoms with Crippen molar-refractivity contribution in [1.29, 1.82) is 0 Å². The van der Waals surface area contributed by atoms with Gasteiger partial charge in [-0.25, -0.2) is 4.57 Å². The van der Waals surface area contributed by atoms with Crippen LogP contribution in [0.15, 0.2) is 71.2 Å². The fourth-order valence-electron chi connectivity index (χ4n) is 2.23. The van der Waals surface area contributed by atoms with Crippen LogP contribution in [0.5, 0.6) is 0 Å². The average Bonchev–Trinajstić information content (AvgIpc) is 2.99. The molecule has 3 rings (SSSR count). The molecular weight excluding hydrogens is 288 g/mol. The minimum absolute atomic E-state index is 0.607. The van der Waals surface area contributed by atoms with Crippen molar-refractivity contribution in [3.63, 3.8) is 0 Å². The first-order valence-electron chi connectivity index (χ1n) is 7.38. The third-order valence-electron chi connectivity index (χ3n) is 3.54. The van der Waals surface area contributed by atoms with Crippen molar-refractivity contribution in [1.82, 2.24) is 10.2 Å². The Morgan fingerprint density at radius 2 is 1.78 bits per heavy atom. The highest BCUT2D eigenvalue weighted by Gasteiger charge is 2.06. The van der Waals surface area contributed by atoms with Crippen LogP contribution >= 0.6 is 0 Å². The molecule has 0 aliphatic heterocycles. The van der Waals surface area contributed by atoms with Gasteiger partial charge in [0.25, 0.3) is 0 Å². The first-order valence-corrected chi connectivity index (χ1v) is 7.38. The maximum absolute atomic E-state index is 4.21. The summed E-state index contributed by atoms with van der Waals surface area (Å²) in [7, 11) is 3.94. The lowest BCUT2D eigenvalue weighted by Crippen LogP contribution is -2.24. The van der Waals surface area contributed by atoms with Gasteiger partial charge in [0.15, 0.2) is 0 Å². The molecule has 1 aromatic heterocycles. The number of nitrogens with zero attached hydrogens (tertiary/aromatic N) is 5. The summed E-state index contributed by atoms with van der Waals surface area (Å²) in [4.78, 5) is 2.20. The highest BCUT2D eigenvalue weighted by molar-refractivity contribution is 5.52. The molecule has 6 heteroatoms. The maximum atomic E-state index is 4.21.